The second-order valence-corrected chi connectivity index (χ2v) is 9.26. The minimum absolute atomic E-state index is 0.173. The lowest BCUT2D eigenvalue weighted by molar-refractivity contribution is 0.317. The molecule has 3 heterocycles. The van der Waals surface area contributed by atoms with Gasteiger partial charge in [0.05, 0.1) is 17.8 Å². The van der Waals surface area contributed by atoms with Crippen LogP contribution >= 0.6 is 8.73 Å². The summed E-state index contributed by atoms with van der Waals surface area (Å²) in [4.78, 5) is 16.8. The molecule has 0 amide bonds. The molecule has 1 aliphatic heterocycles. The summed E-state index contributed by atoms with van der Waals surface area (Å²) in [5.41, 5.74) is 4.96. The first kappa shape index (κ1) is 21.4. The number of benzene rings is 3. The fraction of sp³-hybridized carbons (Fsp3) is 0.111. The summed E-state index contributed by atoms with van der Waals surface area (Å²) in [6.07, 6.45) is 0. The van der Waals surface area contributed by atoms with Crippen LogP contribution in [-0.4, -0.2) is 39.5 Å². The van der Waals surface area contributed by atoms with Gasteiger partial charge in [-0.05, 0) is 38.7 Å². The molecule has 1 atom stereocenters. The Hall–Kier alpha value is -4.09. The molecule has 174 valence electrons. The van der Waals surface area contributed by atoms with Crippen LogP contribution in [0, 0.1) is 0 Å². The summed E-state index contributed by atoms with van der Waals surface area (Å²) >= 11 is 0. The van der Waals surface area contributed by atoms with Crippen molar-refractivity contribution in [1.82, 2.24) is 14.6 Å². The van der Waals surface area contributed by atoms with Gasteiger partial charge in [0, 0.05) is 5.56 Å². The van der Waals surface area contributed by atoms with E-state index in [4.69, 9.17) is 9.84 Å². The van der Waals surface area contributed by atoms with E-state index in [-0.39, 0.29) is 11.4 Å². The zero-order valence-corrected chi connectivity index (χ0v) is 20.0. The number of rotatable bonds is 4. The van der Waals surface area contributed by atoms with Crippen molar-refractivity contribution in [3.05, 3.63) is 89.2 Å². The Kier molecular flexibility index (Phi) is 5.27. The molecule has 5 aromatic rings. The first-order valence-corrected chi connectivity index (χ1v) is 12.8. The number of ether oxygens (including phenoxy) is 1. The Morgan fingerprint density at radius 1 is 0.943 bits per heavy atom. The molecular formula is C27H23N4O3P. The largest absolute Gasteiger partial charge is 0.494 e. The van der Waals surface area contributed by atoms with E-state index in [1.807, 2.05) is 72.8 Å². The Morgan fingerprint density at radius 3 is 2.37 bits per heavy atom. The van der Waals surface area contributed by atoms with E-state index in [0.29, 0.717) is 32.2 Å². The van der Waals surface area contributed by atoms with Gasteiger partial charge in [-0.3, -0.25) is 4.79 Å². The number of aromatic hydroxyl groups is 1. The van der Waals surface area contributed by atoms with Crippen molar-refractivity contribution in [2.45, 2.75) is 0 Å². The van der Waals surface area contributed by atoms with Gasteiger partial charge in [0.2, 0.25) is 5.88 Å². The average Bonchev–Trinajstić information content (AvgIpc) is 3.29. The number of fused-ring (bicyclic) bond motifs is 2. The minimum Gasteiger partial charge on any atom is -0.494 e. The summed E-state index contributed by atoms with van der Waals surface area (Å²) < 4.78 is 9.37. The normalized spacial score (nSPS) is 13.3. The molecule has 0 spiro atoms. The number of nitrogens with zero attached hydrogens (tertiary/aromatic N) is 3. The maximum absolute atomic E-state index is 13.8. The van der Waals surface area contributed by atoms with Crippen molar-refractivity contribution in [2.75, 3.05) is 24.5 Å². The van der Waals surface area contributed by atoms with Gasteiger partial charge in [-0.2, -0.15) is 9.61 Å². The maximum atomic E-state index is 13.8. The second kappa shape index (κ2) is 8.60. The molecule has 0 aliphatic carbocycles. The molecule has 0 saturated heterocycles. The van der Waals surface area contributed by atoms with Gasteiger partial charge < -0.3 is 19.5 Å². The van der Waals surface area contributed by atoms with Gasteiger partial charge in [0.15, 0.2) is 0 Å². The van der Waals surface area contributed by atoms with Crippen LogP contribution in [0.2, 0.25) is 0 Å². The van der Waals surface area contributed by atoms with Gasteiger partial charge in [-0.25, -0.2) is 0 Å². The fourth-order valence-electron chi connectivity index (χ4n) is 4.60. The van der Waals surface area contributed by atoms with Crippen molar-refractivity contribution in [1.29, 1.82) is 0 Å². The van der Waals surface area contributed by atoms with E-state index < -0.39 is 5.56 Å². The highest BCUT2D eigenvalue weighted by atomic mass is 31.1. The molecule has 0 saturated carbocycles. The summed E-state index contributed by atoms with van der Waals surface area (Å²) in [6.45, 7) is 3.52. The Balaban J connectivity index is 1.61. The van der Waals surface area contributed by atoms with Crippen molar-refractivity contribution in [3.8, 4) is 45.1 Å². The number of aromatic nitrogens is 3. The second-order valence-electron chi connectivity index (χ2n) is 8.28. The van der Waals surface area contributed by atoms with Crippen molar-refractivity contribution in [3.63, 3.8) is 0 Å². The van der Waals surface area contributed by atoms with E-state index in [2.05, 4.69) is 16.3 Å². The quantitative estimate of drug-likeness (QED) is 0.346. The topological polar surface area (TPSA) is 82.9 Å². The molecule has 3 aromatic carbocycles. The predicted molar refractivity (Wildman–Crippen MR) is 141 cm³/mol. The monoisotopic (exact) mass is 482 g/mol. The lowest BCUT2D eigenvalue weighted by atomic mass is 10.0. The number of nitrogens with one attached hydrogen (secondary N) is 1. The lowest BCUT2D eigenvalue weighted by Crippen LogP contribution is -2.25. The average molecular weight is 482 g/mol. The molecule has 35 heavy (non-hydrogen) atoms. The Morgan fingerprint density at radius 2 is 1.66 bits per heavy atom. The standard InChI is InChI=1S/C27H23N4O3P/c1-35-30-14-15-34-21-13-12-19(16-20(21)30)23-26(32)28-25-22(17-8-4-2-5-9-17)24(29-31(25)27(23)33)18-10-6-3-7-11-18/h2-13,16,28,32,35H,14-15H2,1H3. The van der Waals surface area contributed by atoms with Crippen molar-refractivity contribution < 1.29 is 9.84 Å². The Bertz CT molecular complexity index is 1600. The van der Waals surface area contributed by atoms with E-state index in [0.717, 1.165) is 34.7 Å². The molecule has 7 nitrogen and oxygen atoms in total. The van der Waals surface area contributed by atoms with E-state index in [1.165, 1.54) is 4.52 Å². The van der Waals surface area contributed by atoms with Gasteiger partial charge in [0.1, 0.15) is 29.3 Å². The summed E-state index contributed by atoms with van der Waals surface area (Å²) in [7, 11) is 0.564. The highest BCUT2D eigenvalue weighted by Gasteiger charge is 2.24. The Labute approximate surface area is 203 Å². The smallest absolute Gasteiger partial charge is 0.286 e. The van der Waals surface area contributed by atoms with Gasteiger partial charge in [0.25, 0.3) is 5.56 Å². The molecular weight excluding hydrogens is 459 g/mol. The van der Waals surface area contributed by atoms with Crippen LogP contribution in [-0.2, 0) is 0 Å². The van der Waals surface area contributed by atoms with Crippen LogP contribution in [0.1, 0.15) is 0 Å². The molecule has 0 radical (unpaired) electrons. The lowest BCUT2D eigenvalue weighted by Gasteiger charge is -2.30. The summed E-state index contributed by atoms with van der Waals surface area (Å²) in [5.74, 6) is 0.588. The number of anilines is 1. The van der Waals surface area contributed by atoms with E-state index in [9.17, 15) is 9.90 Å². The third kappa shape index (κ3) is 3.56. The van der Waals surface area contributed by atoms with Crippen LogP contribution in [0.4, 0.5) is 5.69 Å². The number of hydrogen-bond donors (Lipinski definition) is 2. The van der Waals surface area contributed by atoms with Crippen LogP contribution in [0.15, 0.2) is 83.7 Å². The van der Waals surface area contributed by atoms with Crippen molar-refractivity contribution >= 4 is 20.1 Å². The van der Waals surface area contributed by atoms with Gasteiger partial charge in [-0.15, -0.1) is 0 Å². The molecule has 0 fully saturated rings. The fourth-order valence-corrected chi connectivity index (χ4v) is 5.33. The van der Waals surface area contributed by atoms with Crippen molar-refractivity contribution in [2.24, 2.45) is 0 Å². The van der Waals surface area contributed by atoms with Crippen LogP contribution in [0.25, 0.3) is 39.2 Å². The molecule has 8 heteroatoms. The number of aromatic amines is 1. The number of H-pyrrole nitrogens is 1. The van der Waals surface area contributed by atoms with Crippen LogP contribution in [0.3, 0.4) is 0 Å². The highest BCUT2D eigenvalue weighted by molar-refractivity contribution is 7.39. The van der Waals surface area contributed by atoms with E-state index in [1.54, 1.807) is 6.07 Å². The molecule has 2 N–H and O–H groups in total. The maximum Gasteiger partial charge on any atom is 0.286 e. The third-order valence-electron chi connectivity index (χ3n) is 6.26. The molecule has 2 aromatic heterocycles. The SMILES string of the molecule is CPN1CCOc2ccc(-c3c(O)[nH]c4c(-c5ccccc5)c(-c5ccccc5)nn4c3=O)cc21. The first-order valence-electron chi connectivity index (χ1n) is 11.4. The van der Waals surface area contributed by atoms with Crippen LogP contribution < -0.4 is 15.0 Å². The third-order valence-corrected chi connectivity index (χ3v) is 7.26. The molecule has 1 unspecified atom stereocenters. The molecule has 6 rings (SSSR count). The van der Waals surface area contributed by atoms with Gasteiger partial charge >= 0.3 is 0 Å². The molecule has 1 aliphatic rings. The first-order chi connectivity index (χ1) is 17.2. The minimum atomic E-state index is -0.391. The van der Waals surface area contributed by atoms with Gasteiger partial charge in [-0.1, -0.05) is 66.7 Å². The molecule has 0 bridgehead atoms. The van der Waals surface area contributed by atoms with E-state index >= 15 is 0 Å². The highest BCUT2D eigenvalue weighted by Crippen LogP contribution is 2.41. The number of hydrogen-bond acceptors (Lipinski definition) is 5. The summed E-state index contributed by atoms with van der Waals surface area (Å²) in [5, 5.41) is 15.8. The predicted octanol–water partition coefficient (Wildman–Crippen LogP) is 5.15. The zero-order valence-electron chi connectivity index (χ0n) is 19.0. The zero-order chi connectivity index (χ0) is 23.9. The summed E-state index contributed by atoms with van der Waals surface area (Å²) in [6, 6.07) is 25.1. The van der Waals surface area contributed by atoms with Crippen LogP contribution in [0.5, 0.6) is 11.6 Å².